The average Bonchev–Trinajstić information content (AvgIpc) is 2.99. The van der Waals surface area contributed by atoms with Crippen molar-refractivity contribution in [3.8, 4) is 17.1 Å². The summed E-state index contributed by atoms with van der Waals surface area (Å²) in [5, 5.41) is 0. The summed E-state index contributed by atoms with van der Waals surface area (Å²) >= 11 is 0. The van der Waals surface area contributed by atoms with E-state index in [0.717, 1.165) is 28.8 Å². The van der Waals surface area contributed by atoms with E-state index in [1.807, 2.05) is 0 Å². The molecule has 0 atom stereocenters. The standard InChI is InChI=1S/C18H10F3N5O2/c19-9-2-4-10(5-3-9)26-17-14(24-18(26)28)13(15(22)27)23-16(25-17)8-1-6-11(20)12(21)7-8/h1-7H,(H2,22,27)(H,24,28). The molecule has 0 radical (unpaired) electrons. The fourth-order valence-corrected chi connectivity index (χ4v) is 2.76. The van der Waals surface area contributed by atoms with Crippen molar-refractivity contribution in [2.45, 2.75) is 0 Å². The molecule has 28 heavy (non-hydrogen) atoms. The van der Waals surface area contributed by atoms with Crippen molar-refractivity contribution in [3.05, 3.63) is 76.1 Å². The number of benzene rings is 2. The highest BCUT2D eigenvalue weighted by atomic mass is 19.2. The lowest BCUT2D eigenvalue weighted by Crippen LogP contribution is -2.15. The Morgan fingerprint density at radius 2 is 1.71 bits per heavy atom. The van der Waals surface area contributed by atoms with Gasteiger partial charge in [0.15, 0.2) is 28.8 Å². The third kappa shape index (κ3) is 2.80. The maximum absolute atomic E-state index is 13.6. The van der Waals surface area contributed by atoms with Crippen LogP contribution in [0.5, 0.6) is 0 Å². The summed E-state index contributed by atoms with van der Waals surface area (Å²) < 4.78 is 41.1. The second kappa shape index (κ2) is 6.34. The van der Waals surface area contributed by atoms with E-state index >= 15 is 0 Å². The second-order valence-corrected chi connectivity index (χ2v) is 5.83. The summed E-state index contributed by atoms with van der Waals surface area (Å²) in [5.74, 6) is -3.80. The highest BCUT2D eigenvalue weighted by molar-refractivity contribution is 6.02. The molecule has 0 saturated heterocycles. The molecule has 4 aromatic rings. The van der Waals surface area contributed by atoms with E-state index in [9.17, 15) is 22.8 Å². The summed E-state index contributed by atoms with van der Waals surface area (Å²) in [6.07, 6.45) is 0. The molecule has 1 amide bonds. The summed E-state index contributed by atoms with van der Waals surface area (Å²) in [6, 6.07) is 7.93. The molecule has 0 spiro atoms. The normalized spacial score (nSPS) is 11.1. The molecule has 3 N–H and O–H groups in total. The lowest BCUT2D eigenvalue weighted by Gasteiger charge is -2.07. The van der Waals surface area contributed by atoms with Crippen LogP contribution in [0.1, 0.15) is 10.5 Å². The van der Waals surface area contributed by atoms with Crippen LogP contribution in [0.25, 0.3) is 28.2 Å². The molecule has 2 aromatic heterocycles. The Morgan fingerprint density at radius 1 is 1.00 bits per heavy atom. The van der Waals surface area contributed by atoms with Crippen LogP contribution < -0.4 is 11.4 Å². The first-order valence-corrected chi connectivity index (χ1v) is 7.89. The van der Waals surface area contributed by atoms with Gasteiger partial charge in [0.05, 0.1) is 5.69 Å². The first kappa shape index (κ1) is 17.5. The predicted octanol–water partition coefficient (Wildman–Crippen LogP) is 2.29. The SMILES string of the molecule is NC(=O)c1nc(-c2ccc(F)c(F)c2)nc2c1[nH]c(=O)n2-c1ccc(F)cc1. The number of halogens is 3. The van der Waals surface area contributed by atoms with Crippen LogP contribution in [0, 0.1) is 17.5 Å². The van der Waals surface area contributed by atoms with Gasteiger partial charge in [0.25, 0.3) is 5.91 Å². The number of nitrogens with one attached hydrogen (secondary N) is 1. The number of aromatic amines is 1. The Bertz CT molecular complexity index is 1300. The molecular weight excluding hydrogens is 375 g/mol. The zero-order valence-electron chi connectivity index (χ0n) is 13.9. The number of carbonyl (C=O) groups excluding carboxylic acids is 1. The molecule has 0 aliphatic heterocycles. The molecule has 140 valence electrons. The number of hydrogen-bond donors (Lipinski definition) is 2. The molecule has 0 saturated carbocycles. The topological polar surface area (TPSA) is 107 Å². The monoisotopic (exact) mass is 385 g/mol. The van der Waals surface area contributed by atoms with E-state index in [-0.39, 0.29) is 33.9 Å². The Hall–Kier alpha value is -3.95. The number of nitrogens with two attached hydrogens (primary N) is 1. The van der Waals surface area contributed by atoms with Crippen molar-refractivity contribution >= 4 is 17.1 Å². The fraction of sp³-hybridized carbons (Fsp3) is 0. The number of amides is 1. The summed E-state index contributed by atoms with van der Waals surface area (Å²) in [4.78, 5) is 34.9. The third-order valence-electron chi connectivity index (χ3n) is 4.03. The maximum Gasteiger partial charge on any atom is 0.332 e. The van der Waals surface area contributed by atoms with Crippen LogP contribution in [-0.4, -0.2) is 25.4 Å². The number of nitrogens with zero attached hydrogens (tertiary/aromatic N) is 3. The van der Waals surface area contributed by atoms with Gasteiger partial charge in [-0.3, -0.25) is 4.79 Å². The van der Waals surface area contributed by atoms with Crippen LogP contribution in [0.2, 0.25) is 0 Å². The number of rotatable bonds is 3. The zero-order valence-corrected chi connectivity index (χ0v) is 13.9. The molecule has 0 unspecified atom stereocenters. The predicted molar refractivity (Wildman–Crippen MR) is 93.3 cm³/mol. The molecular formula is C18H10F3N5O2. The summed E-state index contributed by atoms with van der Waals surface area (Å²) in [7, 11) is 0. The van der Waals surface area contributed by atoms with E-state index in [4.69, 9.17) is 5.73 Å². The van der Waals surface area contributed by atoms with Crippen LogP contribution in [0.3, 0.4) is 0 Å². The van der Waals surface area contributed by atoms with Gasteiger partial charge < -0.3 is 10.7 Å². The number of imidazole rings is 1. The second-order valence-electron chi connectivity index (χ2n) is 5.83. The summed E-state index contributed by atoms with van der Waals surface area (Å²) in [5.41, 5.74) is 4.66. The van der Waals surface area contributed by atoms with E-state index in [0.29, 0.717) is 0 Å². The van der Waals surface area contributed by atoms with Crippen molar-refractivity contribution in [2.75, 3.05) is 0 Å². The lowest BCUT2D eigenvalue weighted by molar-refractivity contribution is 0.0997. The van der Waals surface area contributed by atoms with Gasteiger partial charge in [0.2, 0.25) is 0 Å². The smallest absolute Gasteiger partial charge is 0.332 e. The van der Waals surface area contributed by atoms with Crippen LogP contribution in [0.15, 0.2) is 47.3 Å². The van der Waals surface area contributed by atoms with Gasteiger partial charge in [-0.05, 0) is 42.5 Å². The number of fused-ring (bicyclic) bond motifs is 1. The molecule has 4 rings (SSSR count). The number of primary amides is 1. The van der Waals surface area contributed by atoms with E-state index in [1.165, 1.54) is 18.2 Å². The van der Waals surface area contributed by atoms with Gasteiger partial charge in [-0.15, -0.1) is 0 Å². The lowest BCUT2D eigenvalue weighted by atomic mass is 10.2. The Kier molecular flexibility index (Phi) is 3.95. The number of aromatic nitrogens is 4. The van der Waals surface area contributed by atoms with Crippen molar-refractivity contribution in [2.24, 2.45) is 5.73 Å². The number of H-pyrrole nitrogens is 1. The van der Waals surface area contributed by atoms with Crippen molar-refractivity contribution in [3.63, 3.8) is 0 Å². The first-order chi connectivity index (χ1) is 13.3. The van der Waals surface area contributed by atoms with Gasteiger partial charge in [0.1, 0.15) is 11.3 Å². The average molecular weight is 385 g/mol. The minimum atomic E-state index is -1.13. The quantitative estimate of drug-likeness (QED) is 0.564. The number of hydrogen-bond acceptors (Lipinski definition) is 4. The van der Waals surface area contributed by atoms with Gasteiger partial charge in [-0.1, -0.05) is 0 Å². The Balaban J connectivity index is 2.04. The van der Waals surface area contributed by atoms with Gasteiger partial charge in [-0.2, -0.15) is 0 Å². The maximum atomic E-state index is 13.6. The first-order valence-electron chi connectivity index (χ1n) is 7.89. The fourth-order valence-electron chi connectivity index (χ4n) is 2.76. The van der Waals surface area contributed by atoms with Gasteiger partial charge >= 0.3 is 5.69 Å². The Labute approximate surface area is 154 Å². The van der Waals surface area contributed by atoms with Crippen molar-refractivity contribution < 1.29 is 18.0 Å². The Morgan fingerprint density at radius 3 is 2.36 bits per heavy atom. The van der Waals surface area contributed by atoms with Crippen LogP contribution >= 0.6 is 0 Å². The van der Waals surface area contributed by atoms with E-state index in [1.54, 1.807) is 0 Å². The highest BCUT2D eigenvalue weighted by Gasteiger charge is 2.20. The molecule has 2 aromatic carbocycles. The van der Waals surface area contributed by atoms with Crippen molar-refractivity contribution in [1.29, 1.82) is 0 Å². The molecule has 0 aliphatic rings. The minimum Gasteiger partial charge on any atom is -0.364 e. The van der Waals surface area contributed by atoms with E-state index < -0.39 is 29.0 Å². The van der Waals surface area contributed by atoms with Crippen LogP contribution in [0.4, 0.5) is 13.2 Å². The van der Waals surface area contributed by atoms with Crippen LogP contribution in [-0.2, 0) is 0 Å². The molecule has 0 aliphatic carbocycles. The highest BCUT2D eigenvalue weighted by Crippen LogP contribution is 2.23. The van der Waals surface area contributed by atoms with E-state index in [2.05, 4.69) is 15.0 Å². The molecule has 7 nitrogen and oxygen atoms in total. The molecule has 2 heterocycles. The van der Waals surface area contributed by atoms with Gasteiger partial charge in [0, 0.05) is 5.56 Å². The minimum absolute atomic E-state index is 0.0276. The third-order valence-corrected chi connectivity index (χ3v) is 4.03. The zero-order chi connectivity index (χ0) is 20.0. The van der Waals surface area contributed by atoms with Crippen molar-refractivity contribution in [1.82, 2.24) is 19.5 Å². The summed E-state index contributed by atoms with van der Waals surface area (Å²) in [6.45, 7) is 0. The molecule has 10 heteroatoms. The largest absolute Gasteiger partial charge is 0.364 e. The molecule has 0 fully saturated rings. The number of carbonyl (C=O) groups is 1. The molecule has 0 bridgehead atoms. The van der Waals surface area contributed by atoms with Gasteiger partial charge in [-0.25, -0.2) is 32.5 Å².